The Hall–Kier alpha value is -2.88. The van der Waals surface area contributed by atoms with Crippen LogP contribution in [0, 0.1) is 20.8 Å². The average molecular weight is 302 g/mol. The van der Waals surface area contributed by atoms with Crippen LogP contribution in [0.5, 0.6) is 0 Å². The van der Waals surface area contributed by atoms with Crippen molar-refractivity contribution in [3.63, 3.8) is 0 Å². The molecule has 1 aromatic carbocycles. The second kappa shape index (κ2) is 5.09. The van der Waals surface area contributed by atoms with Crippen LogP contribution in [0.25, 0.3) is 22.7 Å². The Labute approximate surface area is 135 Å². The van der Waals surface area contributed by atoms with E-state index in [0.29, 0.717) is 0 Å². The second-order valence-corrected chi connectivity index (χ2v) is 5.92. The molecule has 0 bridgehead atoms. The molecule has 4 rings (SSSR count). The van der Waals surface area contributed by atoms with E-state index < -0.39 is 0 Å². The molecule has 0 atom stereocenters. The van der Waals surface area contributed by atoms with E-state index >= 15 is 0 Å². The summed E-state index contributed by atoms with van der Waals surface area (Å²) in [4.78, 5) is 4.84. The predicted molar refractivity (Wildman–Crippen MR) is 92.0 cm³/mol. The molecule has 23 heavy (non-hydrogen) atoms. The van der Waals surface area contributed by atoms with Gasteiger partial charge in [0.05, 0.1) is 5.69 Å². The summed E-state index contributed by atoms with van der Waals surface area (Å²) in [6.45, 7) is 6.18. The van der Waals surface area contributed by atoms with Crippen molar-refractivity contribution in [1.29, 1.82) is 0 Å². The van der Waals surface area contributed by atoms with E-state index in [4.69, 9.17) is 4.98 Å². The van der Waals surface area contributed by atoms with Crippen LogP contribution in [0.3, 0.4) is 0 Å². The van der Waals surface area contributed by atoms with Gasteiger partial charge in [-0.1, -0.05) is 35.9 Å². The molecular formula is C19H18N4. The fourth-order valence-corrected chi connectivity index (χ4v) is 2.93. The lowest BCUT2D eigenvalue weighted by atomic mass is 10.1. The number of hydrogen-bond acceptors (Lipinski definition) is 2. The summed E-state index contributed by atoms with van der Waals surface area (Å²) in [5, 5.41) is 4.66. The second-order valence-electron chi connectivity index (χ2n) is 5.92. The van der Waals surface area contributed by atoms with E-state index in [2.05, 4.69) is 53.7 Å². The highest BCUT2D eigenvalue weighted by atomic mass is 15.3. The first-order chi connectivity index (χ1) is 11.1. The van der Waals surface area contributed by atoms with Crippen LogP contribution in [0.4, 0.5) is 0 Å². The summed E-state index contributed by atoms with van der Waals surface area (Å²) in [5.74, 6) is 0.982. The van der Waals surface area contributed by atoms with Gasteiger partial charge in [-0.05, 0) is 39.0 Å². The molecule has 0 N–H and O–H groups in total. The van der Waals surface area contributed by atoms with Crippen LogP contribution >= 0.6 is 0 Å². The van der Waals surface area contributed by atoms with Gasteiger partial charge >= 0.3 is 0 Å². The molecule has 3 aromatic heterocycles. The van der Waals surface area contributed by atoms with Crippen molar-refractivity contribution in [1.82, 2.24) is 19.2 Å². The molecule has 0 saturated heterocycles. The van der Waals surface area contributed by atoms with Gasteiger partial charge in [-0.15, -0.1) is 0 Å². The van der Waals surface area contributed by atoms with Crippen LogP contribution in [-0.2, 0) is 0 Å². The van der Waals surface area contributed by atoms with Crippen molar-refractivity contribution in [2.24, 2.45) is 0 Å². The third kappa shape index (κ3) is 2.23. The zero-order valence-corrected chi connectivity index (χ0v) is 13.5. The number of nitrogens with zero attached hydrogens (tertiary/aromatic N) is 4. The maximum Gasteiger partial charge on any atom is 0.166 e. The van der Waals surface area contributed by atoms with Crippen molar-refractivity contribution in [3.8, 4) is 17.1 Å². The Morgan fingerprint density at radius 3 is 2.39 bits per heavy atom. The summed E-state index contributed by atoms with van der Waals surface area (Å²) < 4.78 is 4.07. The molecule has 0 amide bonds. The number of pyridine rings is 1. The highest BCUT2D eigenvalue weighted by Gasteiger charge is 2.17. The standard InChI is InChI=1S/C19H18N4/c1-13-7-9-16(10-8-13)18-19(23-15(3)12-14(2)21-23)22-11-5-4-6-17(22)20-18/h4-12H,1-3H3. The predicted octanol–water partition coefficient (Wildman–Crippen LogP) is 4.11. The average Bonchev–Trinajstić information content (AvgIpc) is 3.07. The largest absolute Gasteiger partial charge is 0.284 e. The van der Waals surface area contributed by atoms with Crippen LogP contribution in [0.2, 0.25) is 0 Å². The SMILES string of the molecule is Cc1ccc(-c2nc3ccccn3c2-n2nc(C)cc2C)cc1. The van der Waals surface area contributed by atoms with E-state index in [1.54, 1.807) is 0 Å². The molecule has 4 nitrogen and oxygen atoms in total. The van der Waals surface area contributed by atoms with E-state index in [0.717, 1.165) is 34.1 Å². The molecule has 0 aliphatic rings. The Bertz CT molecular complexity index is 990. The minimum Gasteiger partial charge on any atom is -0.284 e. The van der Waals surface area contributed by atoms with E-state index in [9.17, 15) is 0 Å². The van der Waals surface area contributed by atoms with Crippen molar-refractivity contribution < 1.29 is 0 Å². The molecule has 0 fully saturated rings. The van der Waals surface area contributed by atoms with Gasteiger partial charge in [-0.25, -0.2) is 9.67 Å². The third-order valence-electron chi connectivity index (χ3n) is 4.04. The van der Waals surface area contributed by atoms with Gasteiger partial charge in [0, 0.05) is 17.5 Å². The van der Waals surface area contributed by atoms with Crippen molar-refractivity contribution in [3.05, 3.63) is 71.7 Å². The summed E-state index contributed by atoms with van der Waals surface area (Å²) in [5.41, 5.74) is 6.31. The molecule has 4 heteroatoms. The highest BCUT2D eigenvalue weighted by Crippen LogP contribution is 2.28. The Balaban J connectivity index is 2.06. The lowest BCUT2D eigenvalue weighted by Gasteiger charge is -2.07. The highest BCUT2D eigenvalue weighted by molar-refractivity contribution is 5.72. The van der Waals surface area contributed by atoms with Gasteiger partial charge in [0.25, 0.3) is 0 Å². The monoisotopic (exact) mass is 302 g/mol. The molecule has 3 heterocycles. The van der Waals surface area contributed by atoms with Crippen molar-refractivity contribution >= 4 is 5.65 Å². The van der Waals surface area contributed by atoms with E-state index in [-0.39, 0.29) is 0 Å². The number of aromatic nitrogens is 4. The first-order valence-corrected chi connectivity index (χ1v) is 7.71. The minimum atomic E-state index is 0.922. The molecule has 114 valence electrons. The van der Waals surface area contributed by atoms with Crippen molar-refractivity contribution in [2.45, 2.75) is 20.8 Å². The van der Waals surface area contributed by atoms with Crippen LogP contribution < -0.4 is 0 Å². The summed E-state index contributed by atoms with van der Waals surface area (Å²) in [6, 6.07) is 16.6. The lowest BCUT2D eigenvalue weighted by molar-refractivity contribution is 0.799. The fourth-order valence-electron chi connectivity index (χ4n) is 2.93. The lowest BCUT2D eigenvalue weighted by Crippen LogP contribution is -2.04. The molecule has 0 aliphatic carbocycles. The smallest absolute Gasteiger partial charge is 0.166 e. The zero-order chi connectivity index (χ0) is 16.0. The maximum absolute atomic E-state index is 4.84. The van der Waals surface area contributed by atoms with Crippen LogP contribution in [-0.4, -0.2) is 19.2 Å². The van der Waals surface area contributed by atoms with Gasteiger partial charge in [0.1, 0.15) is 11.3 Å². The van der Waals surface area contributed by atoms with Gasteiger partial charge in [-0.3, -0.25) is 4.40 Å². The Morgan fingerprint density at radius 1 is 0.913 bits per heavy atom. The minimum absolute atomic E-state index is 0.922. The number of fused-ring (bicyclic) bond motifs is 1. The maximum atomic E-state index is 4.84. The molecular weight excluding hydrogens is 284 g/mol. The van der Waals surface area contributed by atoms with Gasteiger partial charge in [0.2, 0.25) is 0 Å². The fraction of sp³-hybridized carbons (Fsp3) is 0.158. The zero-order valence-electron chi connectivity index (χ0n) is 13.5. The first-order valence-electron chi connectivity index (χ1n) is 7.71. The molecule has 0 aliphatic heterocycles. The van der Waals surface area contributed by atoms with E-state index in [1.807, 2.05) is 36.0 Å². The van der Waals surface area contributed by atoms with E-state index in [1.165, 1.54) is 5.56 Å². The molecule has 0 radical (unpaired) electrons. The van der Waals surface area contributed by atoms with Gasteiger partial charge in [0.15, 0.2) is 5.82 Å². The summed E-state index contributed by atoms with van der Waals surface area (Å²) in [6.07, 6.45) is 2.03. The Morgan fingerprint density at radius 2 is 1.70 bits per heavy atom. The number of rotatable bonds is 2. The normalized spacial score (nSPS) is 11.3. The van der Waals surface area contributed by atoms with Crippen molar-refractivity contribution in [2.75, 3.05) is 0 Å². The summed E-state index contributed by atoms with van der Waals surface area (Å²) in [7, 11) is 0. The van der Waals surface area contributed by atoms with Gasteiger partial charge in [-0.2, -0.15) is 5.10 Å². The molecule has 0 unspecified atom stereocenters. The quantitative estimate of drug-likeness (QED) is 0.558. The Kier molecular flexibility index (Phi) is 3.05. The van der Waals surface area contributed by atoms with Gasteiger partial charge < -0.3 is 0 Å². The van der Waals surface area contributed by atoms with Crippen LogP contribution in [0.15, 0.2) is 54.7 Å². The number of imidazole rings is 1. The number of aryl methyl sites for hydroxylation is 3. The molecule has 0 spiro atoms. The first kappa shape index (κ1) is 13.8. The molecule has 0 saturated carbocycles. The number of benzene rings is 1. The number of hydrogen-bond donors (Lipinski definition) is 0. The van der Waals surface area contributed by atoms with Crippen LogP contribution in [0.1, 0.15) is 17.0 Å². The molecule has 4 aromatic rings. The summed E-state index contributed by atoms with van der Waals surface area (Å²) >= 11 is 0. The topological polar surface area (TPSA) is 35.1 Å². The third-order valence-corrected chi connectivity index (χ3v) is 4.04.